The van der Waals surface area contributed by atoms with Crippen molar-refractivity contribution in [3.05, 3.63) is 28.8 Å². The molecule has 0 unspecified atom stereocenters. The quantitative estimate of drug-likeness (QED) is 0.534. The monoisotopic (exact) mass is 300 g/mol. The lowest BCUT2D eigenvalue weighted by molar-refractivity contribution is 0.0526. The molecule has 0 saturated carbocycles. The normalized spacial score (nSPS) is 11.4. The Labute approximate surface area is 124 Å². The summed E-state index contributed by atoms with van der Waals surface area (Å²) in [5.74, 6) is -0.363. The van der Waals surface area contributed by atoms with Crippen LogP contribution in [0.2, 0.25) is 5.02 Å². The van der Waals surface area contributed by atoms with Crippen molar-refractivity contribution < 1.29 is 9.53 Å². The number of rotatable bonds is 6. The van der Waals surface area contributed by atoms with Crippen LogP contribution in [-0.4, -0.2) is 17.3 Å². The SMILES string of the molecule is CCOC(=O)c1ccc(SC(C)(CC)CC)cc1Cl. The van der Waals surface area contributed by atoms with Crippen molar-refractivity contribution in [1.82, 2.24) is 0 Å². The van der Waals surface area contributed by atoms with E-state index in [1.54, 1.807) is 24.8 Å². The maximum absolute atomic E-state index is 11.7. The average Bonchev–Trinajstić information content (AvgIpc) is 2.39. The van der Waals surface area contributed by atoms with Crippen molar-refractivity contribution >= 4 is 29.3 Å². The van der Waals surface area contributed by atoms with Gasteiger partial charge in [-0.15, -0.1) is 11.8 Å². The average molecular weight is 301 g/mol. The van der Waals surface area contributed by atoms with E-state index < -0.39 is 0 Å². The first-order valence-electron chi connectivity index (χ1n) is 6.61. The third-order valence-corrected chi connectivity index (χ3v) is 5.17. The van der Waals surface area contributed by atoms with Crippen molar-refractivity contribution in [2.24, 2.45) is 0 Å². The van der Waals surface area contributed by atoms with Crippen LogP contribution in [0.15, 0.2) is 23.1 Å². The van der Waals surface area contributed by atoms with E-state index in [0.29, 0.717) is 17.2 Å². The fraction of sp³-hybridized carbons (Fsp3) is 0.533. The number of thioether (sulfide) groups is 1. The molecule has 1 aromatic carbocycles. The molecule has 19 heavy (non-hydrogen) atoms. The third kappa shape index (κ3) is 4.43. The van der Waals surface area contributed by atoms with Crippen LogP contribution in [0.4, 0.5) is 0 Å². The second kappa shape index (κ2) is 7.20. The molecule has 0 radical (unpaired) electrons. The van der Waals surface area contributed by atoms with Crippen LogP contribution in [0.1, 0.15) is 50.9 Å². The summed E-state index contributed by atoms with van der Waals surface area (Å²) in [4.78, 5) is 12.7. The second-order valence-corrected chi connectivity index (χ2v) is 6.69. The minimum Gasteiger partial charge on any atom is -0.462 e. The Kier molecular flexibility index (Phi) is 6.21. The molecule has 1 aromatic rings. The first kappa shape index (κ1) is 16.4. The molecule has 4 heteroatoms. The van der Waals surface area contributed by atoms with E-state index in [9.17, 15) is 4.79 Å². The summed E-state index contributed by atoms with van der Waals surface area (Å²) in [6.45, 7) is 8.75. The number of carbonyl (C=O) groups is 1. The number of hydrogen-bond acceptors (Lipinski definition) is 3. The van der Waals surface area contributed by atoms with Crippen LogP contribution in [0.5, 0.6) is 0 Å². The molecule has 0 aliphatic rings. The highest BCUT2D eigenvalue weighted by Gasteiger charge is 2.22. The zero-order chi connectivity index (χ0) is 14.5. The summed E-state index contributed by atoms with van der Waals surface area (Å²) < 4.78 is 5.16. The van der Waals surface area contributed by atoms with Crippen molar-refractivity contribution in [2.45, 2.75) is 50.2 Å². The maximum Gasteiger partial charge on any atom is 0.339 e. The van der Waals surface area contributed by atoms with Crippen LogP contribution >= 0.6 is 23.4 Å². The highest BCUT2D eigenvalue weighted by atomic mass is 35.5. The molecule has 106 valence electrons. The summed E-state index contributed by atoms with van der Waals surface area (Å²) in [6.07, 6.45) is 2.18. The second-order valence-electron chi connectivity index (χ2n) is 4.62. The number of hydrogen-bond donors (Lipinski definition) is 0. The standard InChI is InChI=1S/C15H21ClO2S/c1-5-15(4,6-2)19-11-8-9-12(13(16)10-11)14(17)18-7-3/h8-10H,5-7H2,1-4H3. The van der Waals surface area contributed by atoms with E-state index in [-0.39, 0.29) is 10.7 Å². The molecule has 0 heterocycles. The maximum atomic E-state index is 11.7. The topological polar surface area (TPSA) is 26.3 Å². The smallest absolute Gasteiger partial charge is 0.339 e. The van der Waals surface area contributed by atoms with Gasteiger partial charge in [0.15, 0.2) is 0 Å². The van der Waals surface area contributed by atoms with Gasteiger partial charge in [0.2, 0.25) is 0 Å². The predicted octanol–water partition coefficient (Wildman–Crippen LogP) is 5.19. The zero-order valence-corrected chi connectivity index (χ0v) is 13.5. The summed E-state index contributed by atoms with van der Waals surface area (Å²) in [7, 11) is 0. The van der Waals surface area contributed by atoms with Crippen LogP contribution in [0.25, 0.3) is 0 Å². The number of halogens is 1. The Hall–Kier alpha value is -0.670. The van der Waals surface area contributed by atoms with Crippen LogP contribution in [0.3, 0.4) is 0 Å². The minimum atomic E-state index is -0.363. The fourth-order valence-corrected chi connectivity index (χ4v) is 3.11. The first-order chi connectivity index (χ1) is 8.95. The van der Waals surface area contributed by atoms with Crippen molar-refractivity contribution in [2.75, 3.05) is 6.61 Å². The molecule has 0 aliphatic carbocycles. The van der Waals surface area contributed by atoms with Gasteiger partial charge in [-0.25, -0.2) is 4.79 Å². The summed E-state index contributed by atoms with van der Waals surface area (Å²) in [5, 5.41) is 0.456. The molecule has 0 atom stereocenters. The molecule has 1 rings (SSSR count). The van der Waals surface area contributed by atoms with E-state index in [2.05, 4.69) is 20.8 Å². The largest absolute Gasteiger partial charge is 0.462 e. The number of ether oxygens (including phenoxy) is 1. The predicted molar refractivity (Wildman–Crippen MR) is 82.3 cm³/mol. The molecule has 0 aromatic heterocycles. The van der Waals surface area contributed by atoms with Crippen molar-refractivity contribution in [3.63, 3.8) is 0 Å². The minimum absolute atomic E-state index is 0.203. The number of esters is 1. The van der Waals surface area contributed by atoms with Gasteiger partial charge in [-0.2, -0.15) is 0 Å². The van der Waals surface area contributed by atoms with Gasteiger partial charge in [-0.3, -0.25) is 0 Å². The molecule has 0 amide bonds. The summed E-state index contributed by atoms with van der Waals surface area (Å²) >= 11 is 7.96. The lowest BCUT2D eigenvalue weighted by Gasteiger charge is -2.26. The molecule has 2 nitrogen and oxygen atoms in total. The first-order valence-corrected chi connectivity index (χ1v) is 7.81. The fourth-order valence-electron chi connectivity index (χ4n) is 1.61. The molecule has 0 fully saturated rings. The highest BCUT2D eigenvalue weighted by Crippen LogP contribution is 2.39. The van der Waals surface area contributed by atoms with Gasteiger partial charge in [0.05, 0.1) is 17.2 Å². The summed E-state index contributed by atoms with van der Waals surface area (Å²) in [5.41, 5.74) is 0.433. The Morgan fingerprint density at radius 1 is 1.32 bits per heavy atom. The van der Waals surface area contributed by atoms with E-state index >= 15 is 0 Å². The Balaban J connectivity index is 2.91. The van der Waals surface area contributed by atoms with Crippen molar-refractivity contribution in [1.29, 1.82) is 0 Å². The molecule has 0 N–H and O–H groups in total. The Morgan fingerprint density at radius 2 is 1.95 bits per heavy atom. The van der Waals surface area contributed by atoms with E-state index in [1.807, 2.05) is 12.1 Å². The lowest BCUT2D eigenvalue weighted by atomic mass is 10.1. The molecule has 0 aliphatic heterocycles. The third-order valence-electron chi connectivity index (χ3n) is 3.30. The van der Waals surface area contributed by atoms with E-state index in [0.717, 1.165) is 17.7 Å². The van der Waals surface area contributed by atoms with E-state index in [4.69, 9.17) is 16.3 Å². The van der Waals surface area contributed by atoms with Gasteiger partial charge in [0, 0.05) is 9.64 Å². The number of carbonyl (C=O) groups excluding carboxylic acids is 1. The van der Waals surface area contributed by atoms with Crippen LogP contribution < -0.4 is 0 Å². The van der Waals surface area contributed by atoms with Gasteiger partial charge in [-0.1, -0.05) is 32.4 Å². The van der Waals surface area contributed by atoms with Gasteiger partial charge in [-0.05, 0) is 38.0 Å². The van der Waals surface area contributed by atoms with E-state index in [1.165, 1.54) is 0 Å². The summed E-state index contributed by atoms with van der Waals surface area (Å²) in [6, 6.07) is 5.53. The molecular formula is C15H21ClO2S. The van der Waals surface area contributed by atoms with Crippen LogP contribution in [0, 0.1) is 0 Å². The highest BCUT2D eigenvalue weighted by molar-refractivity contribution is 8.00. The van der Waals surface area contributed by atoms with Gasteiger partial charge >= 0.3 is 5.97 Å². The molecule has 0 spiro atoms. The molecule has 0 bridgehead atoms. The lowest BCUT2D eigenvalue weighted by Crippen LogP contribution is -2.16. The van der Waals surface area contributed by atoms with Crippen LogP contribution in [-0.2, 0) is 4.74 Å². The zero-order valence-electron chi connectivity index (χ0n) is 12.0. The number of benzene rings is 1. The van der Waals surface area contributed by atoms with Gasteiger partial charge < -0.3 is 4.74 Å². The Morgan fingerprint density at radius 3 is 2.42 bits per heavy atom. The van der Waals surface area contributed by atoms with Gasteiger partial charge in [0.1, 0.15) is 0 Å². The molecular weight excluding hydrogens is 280 g/mol. The molecule has 0 saturated heterocycles. The Bertz CT molecular complexity index is 442. The van der Waals surface area contributed by atoms with Crippen molar-refractivity contribution in [3.8, 4) is 0 Å². The van der Waals surface area contributed by atoms with Gasteiger partial charge in [0.25, 0.3) is 0 Å².